The van der Waals surface area contributed by atoms with Gasteiger partial charge in [-0.3, -0.25) is 4.98 Å². The summed E-state index contributed by atoms with van der Waals surface area (Å²) in [6.07, 6.45) is 3.88. The fourth-order valence-corrected chi connectivity index (χ4v) is 1.46. The molecule has 0 atom stereocenters. The summed E-state index contributed by atoms with van der Waals surface area (Å²) in [5, 5.41) is 8.82. The molecular weight excluding hydrogens is 214 g/mol. The first kappa shape index (κ1) is 11.0. The molecule has 0 aliphatic carbocycles. The second-order valence-electron chi connectivity index (χ2n) is 3.52. The first-order chi connectivity index (χ1) is 8.22. The molecule has 2 heterocycles. The maximum atomic E-state index is 8.82. The second-order valence-corrected chi connectivity index (χ2v) is 3.52. The number of hydrogen-bond donors (Lipinski definition) is 1. The highest BCUT2D eigenvalue weighted by atomic mass is 14.9. The molecule has 0 saturated carbocycles. The Kier molecular flexibility index (Phi) is 2.97. The van der Waals surface area contributed by atoms with Crippen molar-refractivity contribution < 1.29 is 0 Å². The van der Waals surface area contributed by atoms with Crippen molar-refractivity contribution in [1.82, 2.24) is 15.0 Å². The van der Waals surface area contributed by atoms with Crippen LogP contribution in [0.5, 0.6) is 0 Å². The minimum atomic E-state index is 0.425. The largest absolute Gasteiger partial charge is 0.384 e. The molecule has 0 radical (unpaired) electrons. The van der Waals surface area contributed by atoms with E-state index in [1.807, 2.05) is 13.0 Å². The quantitative estimate of drug-likeness (QED) is 0.837. The van der Waals surface area contributed by atoms with E-state index in [4.69, 9.17) is 11.0 Å². The maximum Gasteiger partial charge on any atom is 0.131 e. The van der Waals surface area contributed by atoms with Crippen LogP contribution in [0.1, 0.15) is 18.3 Å². The zero-order valence-electron chi connectivity index (χ0n) is 9.38. The molecule has 0 fully saturated rings. The van der Waals surface area contributed by atoms with E-state index in [9.17, 15) is 0 Å². The predicted octanol–water partition coefficient (Wildman–Crippen LogP) is 1.55. The molecule has 0 aliphatic rings. The van der Waals surface area contributed by atoms with Crippen LogP contribution in [0.25, 0.3) is 11.3 Å². The van der Waals surface area contributed by atoms with E-state index in [1.165, 1.54) is 6.20 Å². The first-order valence-corrected chi connectivity index (χ1v) is 5.22. The van der Waals surface area contributed by atoms with Gasteiger partial charge in [0.2, 0.25) is 0 Å². The number of nitriles is 1. The summed E-state index contributed by atoms with van der Waals surface area (Å²) in [6, 6.07) is 5.45. The first-order valence-electron chi connectivity index (χ1n) is 5.22. The number of hydrogen-bond acceptors (Lipinski definition) is 5. The molecule has 0 bridgehead atoms. The van der Waals surface area contributed by atoms with E-state index < -0.39 is 0 Å². The van der Waals surface area contributed by atoms with Crippen LogP contribution in [0.2, 0.25) is 0 Å². The van der Waals surface area contributed by atoms with Gasteiger partial charge in [0.1, 0.15) is 17.7 Å². The van der Waals surface area contributed by atoms with Crippen molar-refractivity contribution in [3.05, 3.63) is 35.9 Å². The average molecular weight is 225 g/mol. The van der Waals surface area contributed by atoms with Gasteiger partial charge >= 0.3 is 0 Å². The molecule has 2 aromatic rings. The van der Waals surface area contributed by atoms with Crippen LogP contribution in [0, 0.1) is 11.3 Å². The van der Waals surface area contributed by atoms with E-state index in [-0.39, 0.29) is 0 Å². The third kappa shape index (κ3) is 2.37. The van der Waals surface area contributed by atoms with Crippen molar-refractivity contribution >= 4 is 5.82 Å². The van der Waals surface area contributed by atoms with Gasteiger partial charge in [-0.05, 0) is 6.07 Å². The smallest absolute Gasteiger partial charge is 0.131 e. The lowest BCUT2D eigenvalue weighted by molar-refractivity contribution is 0.948. The monoisotopic (exact) mass is 225 g/mol. The standard InChI is InChI=1S/C12H11N5/c1-2-12-16-10(4-11(14)17-12)9-3-8(5-13)6-15-7-9/h3-4,6-7H,2H2,1H3,(H2,14,16,17). The predicted molar refractivity (Wildman–Crippen MR) is 63.8 cm³/mol. The summed E-state index contributed by atoms with van der Waals surface area (Å²) in [4.78, 5) is 12.5. The lowest BCUT2D eigenvalue weighted by Gasteiger charge is -2.04. The Hall–Kier alpha value is -2.48. The molecule has 0 unspecified atom stereocenters. The molecule has 84 valence electrons. The zero-order valence-corrected chi connectivity index (χ0v) is 9.38. The van der Waals surface area contributed by atoms with Crippen LogP contribution in [-0.2, 0) is 6.42 Å². The summed E-state index contributed by atoms with van der Waals surface area (Å²) in [6.45, 7) is 1.96. The van der Waals surface area contributed by atoms with Crippen molar-refractivity contribution in [3.63, 3.8) is 0 Å². The normalized spacial score (nSPS) is 9.88. The summed E-state index contributed by atoms with van der Waals surface area (Å²) in [5.41, 5.74) is 7.67. The third-order valence-electron chi connectivity index (χ3n) is 2.27. The van der Waals surface area contributed by atoms with Crippen LogP contribution in [0.15, 0.2) is 24.5 Å². The average Bonchev–Trinajstić information content (AvgIpc) is 2.38. The molecule has 0 saturated heterocycles. The third-order valence-corrected chi connectivity index (χ3v) is 2.27. The molecular formula is C12H11N5. The molecule has 5 heteroatoms. The Morgan fingerprint density at radius 1 is 1.29 bits per heavy atom. The molecule has 0 aromatic carbocycles. The highest BCUT2D eigenvalue weighted by molar-refractivity contribution is 5.62. The fraction of sp³-hybridized carbons (Fsp3) is 0.167. The van der Waals surface area contributed by atoms with Crippen molar-refractivity contribution in [3.8, 4) is 17.3 Å². The van der Waals surface area contributed by atoms with E-state index in [2.05, 4.69) is 15.0 Å². The second kappa shape index (κ2) is 4.58. The van der Waals surface area contributed by atoms with E-state index >= 15 is 0 Å². The topological polar surface area (TPSA) is 88.5 Å². The van der Waals surface area contributed by atoms with Gasteiger partial charge in [0.25, 0.3) is 0 Å². The summed E-state index contributed by atoms with van der Waals surface area (Å²) >= 11 is 0. The summed E-state index contributed by atoms with van der Waals surface area (Å²) in [7, 11) is 0. The van der Waals surface area contributed by atoms with Gasteiger partial charge in [-0.25, -0.2) is 9.97 Å². The Balaban J connectivity index is 2.52. The Morgan fingerprint density at radius 2 is 2.12 bits per heavy atom. The molecule has 5 nitrogen and oxygen atoms in total. The summed E-state index contributed by atoms with van der Waals surface area (Å²) < 4.78 is 0. The Morgan fingerprint density at radius 3 is 2.82 bits per heavy atom. The van der Waals surface area contributed by atoms with Crippen LogP contribution < -0.4 is 5.73 Å². The van der Waals surface area contributed by atoms with Gasteiger partial charge in [0.15, 0.2) is 0 Å². The van der Waals surface area contributed by atoms with Crippen molar-refractivity contribution in [2.45, 2.75) is 13.3 Å². The number of nitrogen functional groups attached to an aromatic ring is 1. The lowest BCUT2D eigenvalue weighted by atomic mass is 10.1. The van der Waals surface area contributed by atoms with Gasteiger partial charge < -0.3 is 5.73 Å². The molecule has 0 amide bonds. The SMILES string of the molecule is CCc1nc(N)cc(-c2cncc(C#N)c2)n1. The number of nitrogens with two attached hydrogens (primary N) is 1. The number of nitrogens with zero attached hydrogens (tertiary/aromatic N) is 4. The molecule has 17 heavy (non-hydrogen) atoms. The van der Waals surface area contributed by atoms with Crippen LogP contribution >= 0.6 is 0 Å². The number of anilines is 1. The fourth-order valence-electron chi connectivity index (χ4n) is 1.46. The molecule has 2 N–H and O–H groups in total. The summed E-state index contributed by atoms with van der Waals surface area (Å²) in [5.74, 6) is 1.11. The maximum absolute atomic E-state index is 8.82. The number of rotatable bonds is 2. The lowest BCUT2D eigenvalue weighted by Crippen LogP contribution is -2.00. The van der Waals surface area contributed by atoms with Gasteiger partial charge in [-0.1, -0.05) is 6.92 Å². The van der Waals surface area contributed by atoms with Crippen molar-refractivity contribution in [2.24, 2.45) is 0 Å². The minimum Gasteiger partial charge on any atom is -0.384 e. The highest BCUT2D eigenvalue weighted by Gasteiger charge is 2.05. The van der Waals surface area contributed by atoms with Crippen LogP contribution in [-0.4, -0.2) is 15.0 Å². The molecule has 2 aromatic heterocycles. The Labute approximate surface area is 99.0 Å². The van der Waals surface area contributed by atoms with Gasteiger partial charge in [0.05, 0.1) is 11.3 Å². The van der Waals surface area contributed by atoms with E-state index in [0.717, 1.165) is 5.56 Å². The number of aromatic nitrogens is 3. The van der Waals surface area contributed by atoms with Crippen LogP contribution in [0.3, 0.4) is 0 Å². The molecule has 0 spiro atoms. The molecule has 0 aliphatic heterocycles. The van der Waals surface area contributed by atoms with E-state index in [1.54, 1.807) is 18.3 Å². The van der Waals surface area contributed by atoms with Crippen LogP contribution in [0.4, 0.5) is 5.82 Å². The number of aryl methyl sites for hydroxylation is 1. The van der Waals surface area contributed by atoms with Gasteiger partial charge in [-0.2, -0.15) is 5.26 Å². The highest BCUT2D eigenvalue weighted by Crippen LogP contribution is 2.18. The molecule has 2 rings (SSSR count). The number of pyridine rings is 1. The van der Waals surface area contributed by atoms with Gasteiger partial charge in [0, 0.05) is 30.4 Å². The Bertz CT molecular complexity index is 586. The van der Waals surface area contributed by atoms with Gasteiger partial charge in [-0.15, -0.1) is 0 Å². The van der Waals surface area contributed by atoms with Crippen molar-refractivity contribution in [2.75, 3.05) is 5.73 Å². The minimum absolute atomic E-state index is 0.425. The zero-order chi connectivity index (χ0) is 12.3. The van der Waals surface area contributed by atoms with Crippen molar-refractivity contribution in [1.29, 1.82) is 5.26 Å². The van der Waals surface area contributed by atoms with E-state index in [0.29, 0.717) is 29.3 Å².